The fourth-order valence-electron chi connectivity index (χ4n) is 12.0. The molecule has 49 heavy (non-hydrogen) atoms. The Morgan fingerprint density at radius 2 is 1.65 bits per heavy atom. The summed E-state index contributed by atoms with van der Waals surface area (Å²) in [5, 5.41) is 13.1. The number of rotatable bonds is 14. The zero-order chi connectivity index (χ0) is 34.4. The quantitative estimate of drug-likeness (QED) is 0.124. The van der Waals surface area contributed by atoms with Crippen LogP contribution in [-0.4, -0.2) is 36.7 Å². The van der Waals surface area contributed by atoms with E-state index in [1.807, 2.05) is 36.4 Å². The fourth-order valence-corrected chi connectivity index (χ4v) is 12.0. The van der Waals surface area contributed by atoms with E-state index in [0.717, 1.165) is 61.6 Å². The molecular weight excluding hydrogens is 608 g/mol. The van der Waals surface area contributed by atoms with E-state index < -0.39 is 34.7 Å². The number of fused-ring (bicyclic) bond motifs is 2. The Morgan fingerprint density at radius 3 is 2.24 bits per heavy atom. The molecule has 4 aliphatic carbocycles. The molecule has 0 radical (unpaired) electrons. The van der Waals surface area contributed by atoms with E-state index in [4.69, 9.17) is 14.2 Å². The third-order valence-corrected chi connectivity index (χ3v) is 13.9. The van der Waals surface area contributed by atoms with E-state index in [-0.39, 0.29) is 29.6 Å². The van der Waals surface area contributed by atoms with E-state index >= 15 is 4.79 Å². The predicted octanol–water partition coefficient (Wildman–Crippen LogP) is 9.47. The molecule has 264 valence electrons. The lowest BCUT2D eigenvalue weighted by atomic mass is 9.40. The molecule has 2 aromatic rings. The number of allylic oxidation sites excluding steroid dienone is 2. The van der Waals surface area contributed by atoms with Crippen molar-refractivity contribution in [2.75, 3.05) is 13.2 Å². The van der Waals surface area contributed by atoms with Crippen molar-refractivity contribution < 1.29 is 24.1 Å². The smallest absolute Gasteiger partial charge is 0.318 e. The first-order valence-electron chi connectivity index (χ1n) is 19.3. The van der Waals surface area contributed by atoms with Crippen molar-refractivity contribution in [3.63, 3.8) is 0 Å². The summed E-state index contributed by atoms with van der Waals surface area (Å²) in [6.07, 6.45) is 11.5. The highest BCUT2D eigenvalue weighted by Crippen LogP contribution is 2.85. The summed E-state index contributed by atoms with van der Waals surface area (Å²) < 4.78 is 20.3. The monoisotopic (exact) mass is 666 g/mol. The number of unbranched alkanes of at least 4 members (excludes halogenated alkanes) is 2. The third-order valence-electron chi connectivity index (χ3n) is 13.9. The molecule has 7 rings (SSSR count). The summed E-state index contributed by atoms with van der Waals surface area (Å²) in [6.45, 7) is 14.4. The number of aliphatic hydroxyl groups excluding tert-OH is 1. The zero-order valence-corrected chi connectivity index (χ0v) is 30.2. The van der Waals surface area contributed by atoms with Gasteiger partial charge in [-0.3, -0.25) is 4.79 Å². The summed E-state index contributed by atoms with van der Waals surface area (Å²) in [5.74, 6) is 1.24. The van der Waals surface area contributed by atoms with Gasteiger partial charge >= 0.3 is 5.97 Å². The molecule has 1 saturated heterocycles. The van der Waals surface area contributed by atoms with Crippen LogP contribution in [-0.2, 0) is 19.0 Å². The van der Waals surface area contributed by atoms with Gasteiger partial charge in [0.25, 0.3) is 0 Å². The molecule has 0 spiro atoms. The van der Waals surface area contributed by atoms with E-state index in [1.165, 1.54) is 6.42 Å². The summed E-state index contributed by atoms with van der Waals surface area (Å²) in [4.78, 5) is 16.1. The number of carbonyl (C=O) groups is 1. The molecule has 3 saturated carbocycles. The van der Waals surface area contributed by atoms with Crippen molar-refractivity contribution >= 4 is 5.97 Å². The van der Waals surface area contributed by atoms with Gasteiger partial charge in [-0.05, 0) is 78.7 Å². The molecule has 5 heteroatoms. The summed E-state index contributed by atoms with van der Waals surface area (Å²) in [7, 11) is 0. The highest BCUT2D eigenvalue weighted by Gasteiger charge is 2.88. The second kappa shape index (κ2) is 13.8. The van der Waals surface area contributed by atoms with Gasteiger partial charge in [0.05, 0.1) is 19.3 Å². The molecule has 1 aliphatic heterocycles. The van der Waals surface area contributed by atoms with Crippen LogP contribution in [0.1, 0.15) is 103 Å². The minimum absolute atomic E-state index is 0.0334. The predicted molar refractivity (Wildman–Crippen MR) is 193 cm³/mol. The van der Waals surface area contributed by atoms with Crippen LogP contribution in [0.15, 0.2) is 85.0 Å². The molecule has 4 bridgehead atoms. The van der Waals surface area contributed by atoms with Crippen molar-refractivity contribution in [3.8, 4) is 0 Å². The van der Waals surface area contributed by atoms with Crippen molar-refractivity contribution in [1.29, 1.82) is 0 Å². The van der Waals surface area contributed by atoms with Crippen LogP contribution in [0.5, 0.6) is 0 Å². The molecule has 1 N–H and O–H groups in total. The van der Waals surface area contributed by atoms with E-state index in [9.17, 15) is 5.11 Å². The first kappa shape index (κ1) is 34.7. The number of hydrogen-bond donors (Lipinski definition) is 1. The topological polar surface area (TPSA) is 65.0 Å². The minimum atomic E-state index is -1.09. The van der Waals surface area contributed by atoms with Crippen molar-refractivity contribution in [1.82, 2.24) is 0 Å². The van der Waals surface area contributed by atoms with Crippen LogP contribution < -0.4 is 0 Å². The van der Waals surface area contributed by atoms with Crippen LogP contribution >= 0.6 is 0 Å². The van der Waals surface area contributed by atoms with Crippen LogP contribution in [0.25, 0.3) is 0 Å². The molecule has 2 aromatic carbocycles. The Morgan fingerprint density at radius 1 is 1.00 bits per heavy atom. The van der Waals surface area contributed by atoms with Gasteiger partial charge in [0.15, 0.2) is 12.4 Å². The van der Waals surface area contributed by atoms with E-state index in [0.29, 0.717) is 31.5 Å². The molecule has 0 amide bonds. The summed E-state index contributed by atoms with van der Waals surface area (Å²) >= 11 is 0. The number of ether oxygens (including phenoxy) is 3. The van der Waals surface area contributed by atoms with Crippen LogP contribution in [0.2, 0.25) is 0 Å². The normalized spacial score (nSPS) is 34.6. The maximum absolute atomic E-state index is 16.1. The Labute approximate surface area is 294 Å². The first-order chi connectivity index (χ1) is 23.8. The lowest BCUT2D eigenvalue weighted by Gasteiger charge is -2.63. The maximum Gasteiger partial charge on any atom is 0.318 e. The number of esters is 1. The first-order valence-corrected chi connectivity index (χ1v) is 19.3. The van der Waals surface area contributed by atoms with Crippen molar-refractivity contribution in [2.24, 2.45) is 51.8 Å². The zero-order valence-electron chi connectivity index (χ0n) is 30.2. The highest BCUT2D eigenvalue weighted by molar-refractivity contribution is 5.87. The van der Waals surface area contributed by atoms with E-state index in [2.05, 4.69) is 70.7 Å². The lowest BCUT2D eigenvalue weighted by Crippen LogP contribution is -2.68. The molecule has 0 aromatic heterocycles. The molecule has 1 heterocycles. The second-order valence-electron chi connectivity index (χ2n) is 16.4. The minimum Gasteiger partial charge on any atom is -0.452 e. The molecule has 5 nitrogen and oxygen atoms in total. The largest absolute Gasteiger partial charge is 0.452 e. The van der Waals surface area contributed by atoms with Gasteiger partial charge < -0.3 is 19.3 Å². The van der Waals surface area contributed by atoms with Crippen molar-refractivity contribution in [3.05, 3.63) is 96.1 Å². The number of hydrogen-bond acceptors (Lipinski definition) is 5. The Hall–Kier alpha value is -2.73. The molecule has 9 atom stereocenters. The Balaban J connectivity index is 1.43. The fraction of sp³-hybridized carbons (Fsp3) is 0.614. The lowest BCUT2D eigenvalue weighted by molar-refractivity contribution is -0.255. The molecular formula is C44H58O5. The van der Waals surface area contributed by atoms with Gasteiger partial charge in [-0.25, -0.2) is 0 Å². The van der Waals surface area contributed by atoms with E-state index in [1.54, 1.807) is 0 Å². The van der Waals surface area contributed by atoms with Gasteiger partial charge in [0.2, 0.25) is 0 Å². The molecule has 5 aliphatic rings. The maximum atomic E-state index is 16.1. The number of benzene rings is 2. The summed E-state index contributed by atoms with van der Waals surface area (Å²) in [6, 6.07) is 20.3. The van der Waals surface area contributed by atoms with Crippen LogP contribution in [0, 0.1) is 51.8 Å². The van der Waals surface area contributed by atoms with Gasteiger partial charge in [-0.15, -0.1) is 6.58 Å². The second-order valence-corrected chi connectivity index (χ2v) is 16.4. The number of aliphatic hydroxyl groups is 1. The van der Waals surface area contributed by atoms with Gasteiger partial charge in [-0.1, -0.05) is 132 Å². The highest BCUT2D eigenvalue weighted by atomic mass is 16.7. The average molecular weight is 667 g/mol. The Bertz CT molecular complexity index is 1460. The van der Waals surface area contributed by atoms with Crippen LogP contribution in [0.3, 0.4) is 0 Å². The van der Waals surface area contributed by atoms with Gasteiger partial charge in [-0.2, -0.15) is 0 Å². The van der Waals surface area contributed by atoms with Gasteiger partial charge in [0.1, 0.15) is 5.41 Å². The standard InChI is InChI=1S/C44H58O5/c1-6-8-11-16-31(7-2)25-38(45)42-28-35-30(5)21-22-36(35)43(41-47-23-24-48-41)27-34(42)26-37(29(3)4)44(42,43)40(46)49-39(32-17-12-9-13-18-32)33-19-14-10-15-20-33/h7,9-10,12-15,17-20,26,29-31,34-36,38-39,41,45H,2,6,8,11,16,21-25,27-28H2,1,3-5H3/t30-,31?,34?,35-,36-,38?,42?,43?,44-/m1/s1. The van der Waals surface area contributed by atoms with Crippen molar-refractivity contribution in [2.45, 2.75) is 104 Å². The average Bonchev–Trinajstić information content (AvgIpc) is 3.89. The third kappa shape index (κ3) is 5.15. The SMILES string of the molecule is C=CC(CCCCC)CC(O)C12C[C@@H]3[C@H](C)CC[C@H]3C3(C4OCCO4)CC1C=C(C(C)C)[C@@]23C(=O)OC(c1ccccc1)c1ccccc1. The van der Waals surface area contributed by atoms with Gasteiger partial charge in [0, 0.05) is 10.8 Å². The molecule has 4 fully saturated rings. The Kier molecular flexibility index (Phi) is 9.75. The summed E-state index contributed by atoms with van der Waals surface area (Å²) in [5.41, 5.74) is 0.582. The van der Waals surface area contributed by atoms with Crippen LogP contribution in [0.4, 0.5) is 0 Å². The number of carbonyl (C=O) groups excluding carboxylic acids is 1. The molecule has 5 unspecified atom stereocenters.